The first-order valence-corrected chi connectivity index (χ1v) is 11.4. The van der Waals surface area contributed by atoms with E-state index in [1.807, 2.05) is 38.1 Å². The third-order valence-electron chi connectivity index (χ3n) is 4.84. The van der Waals surface area contributed by atoms with Gasteiger partial charge in [0.25, 0.3) is 15.9 Å². The summed E-state index contributed by atoms with van der Waals surface area (Å²) in [5, 5.41) is 2.91. The first-order valence-electron chi connectivity index (χ1n) is 9.94. The van der Waals surface area contributed by atoms with Crippen LogP contribution in [0.15, 0.2) is 77.7 Å². The number of carbonyl (C=O) groups excluding carboxylic acids is 1. The number of benzene rings is 3. The van der Waals surface area contributed by atoms with E-state index >= 15 is 0 Å². The smallest absolute Gasteiger partial charge is 0.261 e. The predicted octanol–water partition coefficient (Wildman–Crippen LogP) is 4.30. The molecule has 2 N–H and O–H groups in total. The number of anilines is 1. The molecule has 0 fully saturated rings. The molecule has 0 heterocycles. The molecule has 162 valence electrons. The van der Waals surface area contributed by atoms with Crippen LogP contribution in [-0.2, 0) is 10.0 Å². The van der Waals surface area contributed by atoms with Crippen molar-refractivity contribution >= 4 is 21.6 Å². The van der Waals surface area contributed by atoms with E-state index in [4.69, 9.17) is 4.74 Å². The Labute approximate surface area is 183 Å². The third kappa shape index (κ3) is 5.64. The topological polar surface area (TPSA) is 84.5 Å². The maximum absolute atomic E-state index is 12.8. The Bertz CT molecular complexity index is 1160. The highest BCUT2D eigenvalue weighted by Gasteiger charge is 2.19. The zero-order valence-electron chi connectivity index (χ0n) is 17.8. The van der Waals surface area contributed by atoms with E-state index in [1.54, 1.807) is 43.3 Å². The molecule has 0 bridgehead atoms. The number of ether oxygens (including phenoxy) is 1. The fourth-order valence-electron chi connectivity index (χ4n) is 3.07. The van der Waals surface area contributed by atoms with Gasteiger partial charge in [-0.05, 0) is 62.2 Å². The summed E-state index contributed by atoms with van der Waals surface area (Å²) in [7, 11) is -3.75. The van der Waals surface area contributed by atoms with E-state index in [0.717, 1.165) is 11.3 Å². The number of hydrogen-bond donors (Lipinski definition) is 2. The highest BCUT2D eigenvalue weighted by Crippen LogP contribution is 2.23. The van der Waals surface area contributed by atoms with Crippen LogP contribution in [0.25, 0.3) is 0 Å². The highest BCUT2D eigenvalue weighted by atomic mass is 32.2. The van der Waals surface area contributed by atoms with Gasteiger partial charge in [0.15, 0.2) is 0 Å². The minimum absolute atomic E-state index is 0.159. The lowest BCUT2D eigenvalue weighted by Crippen LogP contribution is -2.37. The number of para-hydroxylation sites is 1. The van der Waals surface area contributed by atoms with Crippen LogP contribution in [0, 0.1) is 13.8 Å². The summed E-state index contributed by atoms with van der Waals surface area (Å²) in [5.74, 6) is 0.483. The Morgan fingerprint density at radius 1 is 0.935 bits per heavy atom. The van der Waals surface area contributed by atoms with Crippen molar-refractivity contribution in [2.24, 2.45) is 0 Å². The van der Waals surface area contributed by atoms with Crippen LogP contribution >= 0.6 is 0 Å². The molecule has 0 aromatic heterocycles. The van der Waals surface area contributed by atoms with E-state index in [1.165, 1.54) is 12.1 Å². The number of hydrogen-bond acceptors (Lipinski definition) is 4. The molecule has 1 atom stereocenters. The molecule has 1 amide bonds. The molecule has 3 aromatic carbocycles. The third-order valence-corrected chi connectivity index (χ3v) is 6.22. The molecule has 0 aliphatic carbocycles. The van der Waals surface area contributed by atoms with Crippen molar-refractivity contribution < 1.29 is 17.9 Å². The van der Waals surface area contributed by atoms with Crippen LogP contribution in [0.3, 0.4) is 0 Å². The minimum atomic E-state index is -3.75. The number of amides is 1. The summed E-state index contributed by atoms with van der Waals surface area (Å²) in [6.45, 7) is 5.85. The molecule has 3 aromatic rings. The first kappa shape index (κ1) is 22.4. The molecular formula is C24H26N2O4S. The molecule has 0 unspecified atom stereocenters. The standard InChI is InChI=1S/C24H26N2O4S/c1-17-10-7-8-15-23(17)30-16-18(2)25-24(27)21-13-9-14-22(19(21)3)26-31(28,29)20-11-5-4-6-12-20/h4-15,18,26H,16H2,1-3H3,(H,25,27)/t18-/m1/s1. The number of rotatable bonds is 8. The number of sulfonamides is 1. The van der Waals surface area contributed by atoms with Gasteiger partial charge in [-0.2, -0.15) is 0 Å². The monoisotopic (exact) mass is 438 g/mol. The molecule has 0 saturated heterocycles. The van der Waals surface area contributed by atoms with Gasteiger partial charge in [0.05, 0.1) is 16.6 Å². The van der Waals surface area contributed by atoms with Crippen molar-refractivity contribution in [2.45, 2.75) is 31.7 Å². The van der Waals surface area contributed by atoms with E-state index < -0.39 is 10.0 Å². The lowest BCUT2D eigenvalue weighted by molar-refractivity contribution is 0.0926. The number of carbonyl (C=O) groups is 1. The van der Waals surface area contributed by atoms with Crippen molar-refractivity contribution in [2.75, 3.05) is 11.3 Å². The Kier molecular flexibility index (Phi) is 6.97. The summed E-state index contributed by atoms with van der Waals surface area (Å²) in [5.41, 5.74) is 2.33. The average Bonchev–Trinajstić information content (AvgIpc) is 2.75. The van der Waals surface area contributed by atoms with Gasteiger partial charge in [-0.3, -0.25) is 9.52 Å². The van der Waals surface area contributed by atoms with Gasteiger partial charge >= 0.3 is 0 Å². The molecule has 7 heteroatoms. The number of aryl methyl sites for hydroxylation is 1. The van der Waals surface area contributed by atoms with Crippen LogP contribution in [0.1, 0.15) is 28.4 Å². The highest BCUT2D eigenvalue weighted by molar-refractivity contribution is 7.92. The van der Waals surface area contributed by atoms with Gasteiger partial charge in [-0.1, -0.05) is 42.5 Å². The molecule has 3 rings (SSSR count). The van der Waals surface area contributed by atoms with E-state index in [0.29, 0.717) is 23.4 Å². The van der Waals surface area contributed by atoms with Crippen LogP contribution in [-0.4, -0.2) is 27.0 Å². The second-order valence-electron chi connectivity index (χ2n) is 7.35. The van der Waals surface area contributed by atoms with Gasteiger partial charge in [-0.25, -0.2) is 8.42 Å². The summed E-state index contributed by atoms with van der Waals surface area (Å²) in [6.07, 6.45) is 0. The molecule has 6 nitrogen and oxygen atoms in total. The minimum Gasteiger partial charge on any atom is -0.491 e. The molecule has 0 radical (unpaired) electrons. The number of nitrogens with one attached hydrogen (secondary N) is 2. The second-order valence-corrected chi connectivity index (χ2v) is 9.03. The van der Waals surface area contributed by atoms with Crippen molar-refractivity contribution in [3.05, 3.63) is 89.5 Å². The Morgan fingerprint density at radius 2 is 1.61 bits per heavy atom. The summed E-state index contributed by atoms with van der Waals surface area (Å²) in [6, 6.07) is 20.5. The zero-order valence-corrected chi connectivity index (χ0v) is 18.6. The van der Waals surface area contributed by atoms with Crippen LogP contribution in [0.2, 0.25) is 0 Å². The SMILES string of the molecule is Cc1ccccc1OC[C@@H](C)NC(=O)c1cccc(NS(=O)(=O)c2ccccc2)c1C. The average molecular weight is 439 g/mol. The van der Waals surface area contributed by atoms with Crippen LogP contribution in [0.5, 0.6) is 5.75 Å². The maximum Gasteiger partial charge on any atom is 0.261 e. The molecule has 0 aliphatic heterocycles. The van der Waals surface area contributed by atoms with Crippen molar-refractivity contribution in [1.82, 2.24) is 5.32 Å². The van der Waals surface area contributed by atoms with Gasteiger partial charge < -0.3 is 10.1 Å². The summed E-state index contributed by atoms with van der Waals surface area (Å²) >= 11 is 0. The fourth-order valence-corrected chi connectivity index (χ4v) is 4.22. The van der Waals surface area contributed by atoms with E-state index in [-0.39, 0.29) is 16.8 Å². The lowest BCUT2D eigenvalue weighted by atomic mass is 10.1. The molecule has 31 heavy (non-hydrogen) atoms. The van der Waals surface area contributed by atoms with E-state index in [2.05, 4.69) is 10.0 Å². The van der Waals surface area contributed by atoms with Gasteiger partial charge in [-0.15, -0.1) is 0 Å². The Morgan fingerprint density at radius 3 is 2.32 bits per heavy atom. The van der Waals surface area contributed by atoms with Crippen LogP contribution in [0.4, 0.5) is 5.69 Å². The van der Waals surface area contributed by atoms with Gasteiger partial charge in [0.2, 0.25) is 0 Å². The van der Waals surface area contributed by atoms with Gasteiger partial charge in [0, 0.05) is 5.56 Å². The van der Waals surface area contributed by atoms with Crippen molar-refractivity contribution in [3.8, 4) is 5.75 Å². The lowest BCUT2D eigenvalue weighted by Gasteiger charge is -2.18. The summed E-state index contributed by atoms with van der Waals surface area (Å²) < 4.78 is 33.6. The molecular weight excluding hydrogens is 412 g/mol. The predicted molar refractivity (Wildman–Crippen MR) is 122 cm³/mol. The first-order chi connectivity index (χ1) is 14.8. The second kappa shape index (κ2) is 9.66. The van der Waals surface area contributed by atoms with Crippen molar-refractivity contribution in [1.29, 1.82) is 0 Å². The van der Waals surface area contributed by atoms with Gasteiger partial charge in [0.1, 0.15) is 12.4 Å². The quantitative estimate of drug-likeness (QED) is 0.549. The molecule has 0 aliphatic rings. The fraction of sp³-hybridized carbons (Fsp3) is 0.208. The Balaban J connectivity index is 1.69. The Hall–Kier alpha value is -3.32. The van der Waals surface area contributed by atoms with E-state index in [9.17, 15) is 13.2 Å². The normalized spacial score (nSPS) is 12.1. The molecule has 0 spiro atoms. The largest absolute Gasteiger partial charge is 0.491 e. The van der Waals surface area contributed by atoms with Crippen molar-refractivity contribution in [3.63, 3.8) is 0 Å². The summed E-state index contributed by atoms with van der Waals surface area (Å²) in [4.78, 5) is 13.0. The molecule has 0 saturated carbocycles. The van der Waals surface area contributed by atoms with Crippen LogP contribution < -0.4 is 14.8 Å². The maximum atomic E-state index is 12.8. The zero-order chi connectivity index (χ0) is 22.4.